The molecule has 7 nitrogen and oxygen atoms in total. The minimum atomic E-state index is -0.465. The molecule has 1 aromatic heterocycles. The third kappa shape index (κ3) is 3.61. The summed E-state index contributed by atoms with van der Waals surface area (Å²) in [5, 5.41) is 20.6. The van der Waals surface area contributed by atoms with Gasteiger partial charge in [-0.2, -0.15) is 5.10 Å². The summed E-state index contributed by atoms with van der Waals surface area (Å²) in [7, 11) is 0. The number of para-hydroxylation sites is 1. The highest BCUT2D eigenvalue weighted by molar-refractivity contribution is 6.05. The molecule has 2 heterocycles. The molecule has 0 bridgehead atoms. The number of hydrogen-bond donors (Lipinski definition) is 3. The van der Waals surface area contributed by atoms with E-state index in [-0.39, 0.29) is 37.4 Å². The predicted molar refractivity (Wildman–Crippen MR) is 106 cm³/mol. The van der Waals surface area contributed by atoms with Gasteiger partial charge in [-0.1, -0.05) is 42.5 Å². The van der Waals surface area contributed by atoms with E-state index in [0.29, 0.717) is 12.2 Å². The summed E-state index contributed by atoms with van der Waals surface area (Å²) in [5.41, 5.74) is 1.88. The van der Waals surface area contributed by atoms with Crippen molar-refractivity contribution in [2.45, 2.75) is 18.9 Å². The lowest BCUT2D eigenvalue weighted by molar-refractivity contribution is -0.127. The van der Waals surface area contributed by atoms with Crippen molar-refractivity contribution >= 4 is 28.5 Å². The summed E-state index contributed by atoms with van der Waals surface area (Å²) in [6.07, 6.45) is 0.675. The lowest BCUT2D eigenvalue weighted by atomic mass is 10.0. The molecule has 3 aromatic rings. The largest absolute Gasteiger partial charge is 0.394 e. The van der Waals surface area contributed by atoms with Gasteiger partial charge in [0.25, 0.3) is 0 Å². The monoisotopic (exact) mass is 378 g/mol. The summed E-state index contributed by atoms with van der Waals surface area (Å²) in [5.74, 6) is -0.252. The summed E-state index contributed by atoms with van der Waals surface area (Å²) >= 11 is 0. The minimum absolute atomic E-state index is 0.124. The van der Waals surface area contributed by atoms with Gasteiger partial charge in [-0.15, -0.1) is 0 Å². The van der Waals surface area contributed by atoms with E-state index in [2.05, 4.69) is 15.5 Å². The lowest BCUT2D eigenvalue weighted by Crippen LogP contribution is -2.43. The Morgan fingerprint density at radius 3 is 2.75 bits per heavy atom. The number of amides is 2. The van der Waals surface area contributed by atoms with Crippen LogP contribution in [0.1, 0.15) is 12.0 Å². The fraction of sp³-hybridized carbons (Fsp3) is 0.286. The summed E-state index contributed by atoms with van der Waals surface area (Å²) in [4.78, 5) is 26.8. The van der Waals surface area contributed by atoms with Gasteiger partial charge in [0, 0.05) is 18.4 Å². The first-order valence-corrected chi connectivity index (χ1v) is 9.34. The van der Waals surface area contributed by atoms with Crippen molar-refractivity contribution in [1.82, 2.24) is 15.5 Å². The summed E-state index contributed by atoms with van der Waals surface area (Å²) in [6.45, 7) is 0.123. The fourth-order valence-electron chi connectivity index (χ4n) is 3.62. The fourth-order valence-corrected chi connectivity index (χ4v) is 3.62. The molecule has 28 heavy (non-hydrogen) atoms. The number of H-pyrrole nitrogens is 1. The third-order valence-electron chi connectivity index (χ3n) is 5.09. The molecule has 3 N–H and O–H groups in total. The maximum absolute atomic E-state index is 12.7. The molecule has 7 heteroatoms. The lowest BCUT2D eigenvalue weighted by Gasteiger charge is -2.19. The number of benzene rings is 2. The number of nitrogens with zero attached hydrogens (tertiary/aromatic N) is 2. The third-order valence-corrected chi connectivity index (χ3v) is 5.09. The first-order valence-electron chi connectivity index (χ1n) is 9.34. The van der Waals surface area contributed by atoms with Gasteiger partial charge in [0.2, 0.25) is 11.8 Å². The van der Waals surface area contributed by atoms with Crippen molar-refractivity contribution in [3.8, 4) is 0 Å². The Hall–Kier alpha value is -3.19. The van der Waals surface area contributed by atoms with Gasteiger partial charge in [-0.25, -0.2) is 0 Å². The molecule has 0 aliphatic carbocycles. The van der Waals surface area contributed by atoms with Crippen LogP contribution in [0.4, 0.5) is 5.82 Å². The quantitative estimate of drug-likeness (QED) is 0.607. The highest BCUT2D eigenvalue weighted by Gasteiger charge is 2.37. The van der Waals surface area contributed by atoms with Gasteiger partial charge >= 0.3 is 0 Å². The van der Waals surface area contributed by atoms with Crippen molar-refractivity contribution in [2.75, 3.05) is 18.1 Å². The van der Waals surface area contributed by atoms with Crippen LogP contribution in [0.2, 0.25) is 0 Å². The first kappa shape index (κ1) is 18.2. The van der Waals surface area contributed by atoms with Crippen molar-refractivity contribution in [3.63, 3.8) is 0 Å². The number of carbonyl (C=O) groups is 2. The molecule has 2 aromatic carbocycles. The topological polar surface area (TPSA) is 98.3 Å². The minimum Gasteiger partial charge on any atom is -0.394 e. The second-order valence-corrected chi connectivity index (χ2v) is 7.08. The molecular formula is C21H22N4O3. The molecule has 1 saturated heterocycles. The van der Waals surface area contributed by atoms with Crippen molar-refractivity contribution in [1.29, 1.82) is 0 Å². The normalized spacial score (nSPS) is 17.8. The van der Waals surface area contributed by atoms with Gasteiger partial charge in [0.15, 0.2) is 5.82 Å². The van der Waals surface area contributed by atoms with E-state index in [4.69, 9.17) is 0 Å². The molecule has 1 fully saturated rings. The van der Waals surface area contributed by atoms with Crippen LogP contribution >= 0.6 is 0 Å². The smallest absolute Gasteiger partial charge is 0.229 e. The number of anilines is 1. The number of hydrogen-bond acceptors (Lipinski definition) is 4. The zero-order valence-corrected chi connectivity index (χ0v) is 15.3. The standard InChI is InChI=1S/C21H22N4O3/c26-13-16(10-14-6-2-1-3-7-14)22-21(28)15-11-19(27)25(12-15)20-17-8-4-5-9-18(17)23-24-20/h1-9,15-16,26H,10-13H2,(H,22,28)(H,23,24)/t15?,16-/m0/s1. The molecule has 2 atom stereocenters. The maximum atomic E-state index is 12.7. The van der Waals surface area contributed by atoms with E-state index in [1.54, 1.807) is 4.90 Å². The van der Waals surface area contributed by atoms with E-state index in [1.807, 2.05) is 54.6 Å². The van der Waals surface area contributed by atoms with Crippen LogP contribution in [0.25, 0.3) is 10.9 Å². The Balaban J connectivity index is 1.43. The molecule has 0 radical (unpaired) electrons. The Bertz CT molecular complexity index is 985. The van der Waals surface area contributed by atoms with E-state index in [0.717, 1.165) is 16.5 Å². The maximum Gasteiger partial charge on any atom is 0.229 e. The van der Waals surface area contributed by atoms with Crippen LogP contribution < -0.4 is 10.2 Å². The number of aliphatic hydroxyl groups is 1. The number of aromatic nitrogens is 2. The van der Waals surface area contributed by atoms with Crippen molar-refractivity contribution < 1.29 is 14.7 Å². The predicted octanol–water partition coefficient (Wildman–Crippen LogP) is 1.64. The van der Waals surface area contributed by atoms with Gasteiger partial charge in [-0.05, 0) is 24.1 Å². The molecular weight excluding hydrogens is 356 g/mol. The summed E-state index contributed by atoms with van der Waals surface area (Å²) in [6, 6.07) is 16.9. The number of nitrogens with one attached hydrogen (secondary N) is 2. The van der Waals surface area contributed by atoms with Crippen LogP contribution in [-0.2, 0) is 16.0 Å². The van der Waals surface area contributed by atoms with Crippen LogP contribution in [0.5, 0.6) is 0 Å². The van der Waals surface area contributed by atoms with Gasteiger partial charge in [0.1, 0.15) is 0 Å². The number of carbonyl (C=O) groups excluding carboxylic acids is 2. The van der Waals surface area contributed by atoms with E-state index in [9.17, 15) is 14.7 Å². The van der Waals surface area contributed by atoms with E-state index < -0.39 is 5.92 Å². The Morgan fingerprint density at radius 2 is 1.96 bits per heavy atom. The Kier molecular flexibility index (Phi) is 5.08. The number of rotatable bonds is 6. The second kappa shape index (κ2) is 7.82. The SMILES string of the molecule is O=C(N[C@H](CO)Cc1ccccc1)C1CC(=O)N(c2n[nH]c3ccccc23)C1. The van der Waals surface area contributed by atoms with Crippen molar-refractivity contribution in [2.24, 2.45) is 5.92 Å². The average Bonchev–Trinajstić information content (AvgIpc) is 3.31. The molecule has 1 aliphatic rings. The number of aliphatic hydroxyl groups excluding tert-OH is 1. The van der Waals surface area contributed by atoms with Gasteiger partial charge in [0.05, 0.1) is 24.1 Å². The average molecular weight is 378 g/mol. The zero-order valence-electron chi connectivity index (χ0n) is 15.3. The van der Waals surface area contributed by atoms with Crippen LogP contribution in [0, 0.1) is 5.92 Å². The zero-order chi connectivity index (χ0) is 19.5. The number of aromatic amines is 1. The van der Waals surface area contributed by atoms with E-state index in [1.165, 1.54) is 0 Å². The molecule has 0 spiro atoms. The van der Waals surface area contributed by atoms with Crippen LogP contribution in [-0.4, -0.2) is 46.3 Å². The summed E-state index contributed by atoms with van der Waals surface area (Å²) < 4.78 is 0. The van der Waals surface area contributed by atoms with Crippen LogP contribution in [0.3, 0.4) is 0 Å². The van der Waals surface area contributed by atoms with Crippen LogP contribution in [0.15, 0.2) is 54.6 Å². The molecule has 4 rings (SSSR count). The highest BCUT2D eigenvalue weighted by atomic mass is 16.3. The van der Waals surface area contributed by atoms with Crippen molar-refractivity contribution in [3.05, 3.63) is 60.2 Å². The Morgan fingerprint density at radius 1 is 1.21 bits per heavy atom. The molecule has 1 aliphatic heterocycles. The molecule has 0 saturated carbocycles. The first-order chi connectivity index (χ1) is 13.7. The number of fused-ring (bicyclic) bond motifs is 1. The van der Waals surface area contributed by atoms with Gasteiger partial charge in [-0.3, -0.25) is 19.6 Å². The molecule has 2 amide bonds. The Labute approximate surface area is 162 Å². The molecule has 1 unspecified atom stereocenters. The van der Waals surface area contributed by atoms with E-state index >= 15 is 0 Å². The molecule has 144 valence electrons. The highest BCUT2D eigenvalue weighted by Crippen LogP contribution is 2.29. The second-order valence-electron chi connectivity index (χ2n) is 7.08. The van der Waals surface area contributed by atoms with Gasteiger partial charge < -0.3 is 10.4 Å².